The van der Waals surface area contributed by atoms with E-state index < -0.39 is 5.91 Å². The maximum atomic E-state index is 12.7. The molecule has 3 heterocycles. The van der Waals surface area contributed by atoms with Crippen LogP contribution in [0.3, 0.4) is 0 Å². The van der Waals surface area contributed by atoms with Gasteiger partial charge in [-0.25, -0.2) is 9.97 Å². The summed E-state index contributed by atoms with van der Waals surface area (Å²) < 4.78 is 7.26. The molecule has 31 heavy (non-hydrogen) atoms. The van der Waals surface area contributed by atoms with Gasteiger partial charge in [-0.2, -0.15) is 5.26 Å². The molecular weight excluding hydrogens is 410 g/mol. The number of methoxy groups -OCH3 is 1. The van der Waals surface area contributed by atoms with Crippen molar-refractivity contribution in [2.24, 2.45) is 0 Å². The fourth-order valence-corrected chi connectivity index (χ4v) is 3.83. The fourth-order valence-electron chi connectivity index (χ4n) is 3.06. The number of nitriles is 1. The lowest BCUT2D eigenvalue weighted by Crippen LogP contribution is -2.13. The highest BCUT2D eigenvalue weighted by molar-refractivity contribution is 7.99. The van der Waals surface area contributed by atoms with E-state index >= 15 is 0 Å². The first kappa shape index (κ1) is 22.3. The quantitative estimate of drug-likeness (QED) is 0.422. The second-order valence-corrected chi connectivity index (χ2v) is 7.79. The summed E-state index contributed by atoms with van der Waals surface area (Å²) in [7, 11) is 1.66. The van der Waals surface area contributed by atoms with Crippen molar-refractivity contribution in [3.8, 4) is 6.07 Å². The minimum absolute atomic E-state index is 0.0303. The van der Waals surface area contributed by atoms with Crippen LogP contribution in [0, 0.1) is 25.2 Å². The lowest BCUT2D eigenvalue weighted by atomic mass is 10.1. The summed E-state index contributed by atoms with van der Waals surface area (Å²) in [5, 5.41) is 13.8. The van der Waals surface area contributed by atoms with Gasteiger partial charge >= 0.3 is 0 Å². The molecule has 1 N–H and O–H groups in total. The Hall–Kier alpha value is -3.41. The normalized spacial score (nSPS) is 11.2. The van der Waals surface area contributed by atoms with Gasteiger partial charge in [0.2, 0.25) is 0 Å². The molecule has 7 nitrogen and oxygen atoms in total. The average molecular weight is 434 g/mol. The Bertz CT molecular complexity index is 1130. The largest absolute Gasteiger partial charge is 0.383 e. The molecule has 3 aromatic rings. The van der Waals surface area contributed by atoms with E-state index in [-0.39, 0.29) is 5.57 Å². The minimum Gasteiger partial charge on any atom is -0.383 e. The molecule has 0 spiro atoms. The Labute approximate surface area is 185 Å². The summed E-state index contributed by atoms with van der Waals surface area (Å²) in [6.07, 6.45) is 4.94. The summed E-state index contributed by atoms with van der Waals surface area (Å²) >= 11 is 1.39. The summed E-state index contributed by atoms with van der Waals surface area (Å²) in [5.74, 6) is -0.468. The van der Waals surface area contributed by atoms with Crippen LogP contribution in [0.25, 0.3) is 6.08 Å². The minimum atomic E-state index is -0.468. The summed E-state index contributed by atoms with van der Waals surface area (Å²) in [6, 6.07) is 13.0. The SMILES string of the molecule is COCCn1c(C)cc(/C=C(/C#N)C(=O)Nc2ccnc(Sc3ccccn3)c2)c1C. The zero-order valence-corrected chi connectivity index (χ0v) is 18.4. The molecule has 0 aromatic carbocycles. The molecule has 3 rings (SSSR count). The van der Waals surface area contributed by atoms with E-state index in [1.165, 1.54) is 11.8 Å². The monoisotopic (exact) mass is 433 g/mol. The number of carbonyl (C=O) groups is 1. The smallest absolute Gasteiger partial charge is 0.266 e. The predicted molar refractivity (Wildman–Crippen MR) is 121 cm³/mol. The number of carbonyl (C=O) groups excluding carboxylic acids is 1. The molecule has 0 saturated carbocycles. The Kier molecular flexibility index (Phi) is 7.60. The second kappa shape index (κ2) is 10.6. The summed E-state index contributed by atoms with van der Waals surface area (Å²) in [6.45, 7) is 5.26. The van der Waals surface area contributed by atoms with E-state index in [1.54, 1.807) is 37.7 Å². The van der Waals surface area contributed by atoms with E-state index in [9.17, 15) is 10.1 Å². The molecule has 0 atom stereocenters. The van der Waals surface area contributed by atoms with Gasteiger partial charge in [-0.15, -0.1) is 0 Å². The van der Waals surface area contributed by atoms with Gasteiger partial charge in [-0.1, -0.05) is 17.8 Å². The number of pyridine rings is 2. The van der Waals surface area contributed by atoms with Crippen molar-refractivity contribution < 1.29 is 9.53 Å². The molecule has 0 saturated heterocycles. The van der Waals surface area contributed by atoms with Gasteiger partial charge in [-0.3, -0.25) is 4.79 Å². The van der Waals surface area contributed by atoms with Crippen LogP contribution in [-0.2, 0) is 16.1 Å². The Balaban J connectivity index is 1.76. The van der Waals surface area contributed by atoms with E-state index in [4.69, 9.17) is 4.74 Å². The number of hydrogen-bond donors (Lipinski definition) is 1. The van der Waals surface area contributed by atoms with Crippen LogP contribution in [0.15, 0.2) is 64.4 Å². The van der Waals surface area contributed by atoms with E-state index in [0.29, 0.717) is 23.9 Å². The van der Waals surface area contributed by atoms with Crippen molar-refractivity contribution in [2.75, 3.05) is 19.0 Å². The van der Waals surface area contributed by atoms with Crippen LogP contribution in [0.5, 0.6) is 0 Å². The highest BCUT2D eigenvalue weighted by Crippen LogP contribution is 2.26. The van der Waals surface area contributed by atoms with Crippen molar-refractivity contribution >= 4 is 29.4 Å². The second-order valence-electron chi connectivity index (χ2n) is 6.75. The van der Waals surface area contributed by atoms with Gasteiger partial charge in [0.15, 0.2) is 0 Å². The van der Waals surface area contributed by atoms with Crippen LogP contribution in [0.2, 0.25) is 0 Å². The highest BCUT2D eigenvalue weighted by Gasteiger charge is 2.14. The number of anilines is 1. The fraction of sp³-hybridized carbons (Fsp3) is 0.217. The topological polar surface area (TPSA) is 92.8 Å². The molecule has 1 amide bonds. The molecule has 158 valence electrons. The van der Waals surface area contributed by atoms with Crippen LogP contribution < -0.4 is 5.32 Å². The van der Waals surface area contributed by atoms with Crippen molar-refractivity contribution in [3.63, 3.8) is 0 Å². The van der Waals surface area contributed by atoms with E-state index in [0.717, 1.165) is 22.0 Å². The first-order valence-electron chi connectivity index (χ1n) is 9.65. The summed E-state index contributed by atoms with van der Waals surface area (Å²) in [4.78, 5) is 21.3. The highest BCUT2D eigenvalue weighted by atomic mass is 32.2. The standard InChI is InChI=1S/C23H23N5O2S/c1-16-12-18(17(2)28(16)10-11-30-3)13-19(15-24)23(29)27-20-7-9-26-22(14-20)31-21-6-4-5-8-25-21/h4-9,12-14H,10-11H2,1-3H3,(H,26,27,29)/b19-13-. The molecule has 0 aliphatic heterocycles. The van der Waals surface area contributed by atoms with Gasteiger partial charge in [-0.05, 0) is 55.8 Å². The van der Waals surface area contributed by atoms with Gasteiger partial charge in [0.25, 0.3) is 5.91 Å². The van der Waals surface area contributed by atoms with Crippen molar-refractivity contribution in [1.82, 2.24) is 14.5 Å². The lowest BCUT2D eigenvalue weighted by Gasteiger charge is -2.08. The zero-order valence-electron chi connectivity index (χ0n) is 17.6. The molecule has 0 unspecified atom stereocenters. The van der Waals surface area contributed by atoms with Crippen LogP contribution >= 0.6 is 11.8 Å². The van der Waals surface area contributed by atoms with Crippen molar-refractivity contribution in [3.05, 3.63) is 71.3 Å². The summed E-state index contributed by atoms with van der Waals surface area (Å²) in [5.41, 5.74) is 3.45. The van der Waals surface area contributed by atoms with Crippen LogP contribution in [0.4, 0.5) is 5.69 Å². The molecular formula is C23H23N5O2S. The first-order valence-corrected chi connectivity index (χ1v) is 10.5. The Morgan fingerprint density at radius 3 is 2.74 bits per heavy atom. The lowest BCUT2D eigenvalue weighted by molar-refractivity contribution is -0.112. The third-order valence-electron chi connectivity index (χ3n) is 4.64. The van der Waals surface area contributed by atoms with Crippen LogP contribution in [-0.4, -0.2) is 34.2 Å². The van der Waals surface area contributed by atoms with E-state index in [1.807, 2.05) is 44.2 Å². The predicted octanol–water partition coefficient (Wildman–Crippen LogP) is 4.24. The number of ether oxygens (including phenoxy) is 1. The average Bonchev–Trinajstić information content (AvgIpc) is 3.03. The van der Waals surface area contributed by atoms with Crippen LogP contribution in [0.1, 0.15) is 17.0 Å². The number of nitrogens with zero attached hydrogens (tertiary/aromatic N) is 4. The number of rotatable bonds is 8. The molecule has 3 aromatic heterocycles. The first-order chi connectivity index (χ1) is 15.0. The number of aromatic nitrogens is 3. The molecule has 0 radical (unpaired) electrons. The number of aryl methyl sites for hydroxylation is 1. The van der Waals surface area contributed by atoms with Crippen molar-refractivity contribution in [2.45, 2.75) is 30.4 Å². The zero-order chi connectivity index (χ0) is 22.2. The number of hydrogen-bond acceptors (Lipinski definition) is 6. The third kappa shape index (κ3) is 5.81. The maximum Gasteiger partial charge on any atom is 0.266 e. The molecule has 8 heteroatoms. The van der Waals surface area contributed by atoms with Crippen molar-refractivity contribution in [1.29, 1.82) is 5.26 Å². The Morgan fingerprint density at radius 2 is 2.03 bits per heavy atom. The molecule has 0 bridgehead atoms. The number of nitrogens with one attached hydrogen (secondary N) is 1. The maximum absolute atomic E-state index is 12.7. The third-order valence-corrected chi connectivity index (χ3v) is 5.52. The van der Waals surface area contributed by atoms with Gasteiger partial charge in [0.05, 0.1) is 6.61 Å². The number of amides is 1. The van der Waals surface area contributed by atoms with E-state index in [2.05, 4.69) is 19.9 Å². The van der Waals surface area contributed by atoms with Gasteiger partial charge in [0, 0.05) is 43.1 Å². The molecule has 0 aliphatic rings. The van der Waals surface area contributed by atoms with Gasteiger partial charge in [0.1, 0.15) is 21.7 Å². The molecule has 0 aliphatic carbocycles. The Morgan fingerprint density at radius 1 is 1.23 bits per heavy atom. The van der Waals surface area contributed by atoms with Gasteiger partial charge < -0.3 is 14.6 Å². The molecule has 0 fully saturated rings.